The molecule has 5 rings (SSSR count). The summed E-state index contributed by atoms with van der Waals surface area (Å²) >= 11 is 0. The summed E-state index contributed by atoms with van der Waals surface area (Å²) < 4.78 is 1.31. The van der Waals surface area contributed by atoms with E-state index in [0.29, 0.717) is 16.5 Å². The first-order valence-electron chi connectivity index (χ1n) is 10.8. The first-order valence-corrected chi connectivity index (χ1v) is 10.8. The highest BCUT2D eigenvalue weighted by Gasteiger charge is 2.26. The van der Waals surface area contributed by atoms with Crippen LogP contribution in [0.2, 0.25) is 0 Å². The molecule has 1 atom stereocenters. The lowest BCUT2D eigenvalue weighted by Crippen LogP contribution is -2.38. The van der Waals surface area contributed by atoms with E-state index in [1.54, 1.807) is 18.2 Å². The molecular formula is C26H24N4O2. The van der Waals surface area contributed by atoms with Crippen molar-refractivity contribution in [2.75, 3.05) is 13.1 Å². The molecule has 6 heteroatoms. The number of hydrogen-bond donors (Lipinski definition) is 1. The number of benzene rings is 3. The van der Waals surface area contributed by atoms with Crippen molar-refractivity contribution >= 4 is 16.7 Å². The van der Waals surface area contributed by atoms with E-state index in [9.17, 15) is 9.59 Å². The third-order valence-corrected chi connectivity index (χ3v) is 5.88. The van der Waals surface area contributed by atoms with Crippen LogP contribution in [0.1, 0.15) is 22.5 Å². The number of rotatable bonds is 5. The first kappa shape index (κ1) is 20.2. The quantitative estimate of drug-likeness (QED) is 0.533. The van der Waals surface area contributed by atoms with Crippen LogP contribution in [0.5, 0.6) is 0 Å². The van der Waals surface area contributed by atoms with Crippen molar-refractivity contribution in [3.63, 3.8) is 0 Å². The van der Waals surface area contributed by atoms with Gasteiger partial charge < -0.3 is 5.32 Å². The van der Waals surface area contributed by atoms with Gasteiger partial charge in [-0.1, -0.05) is 66.7 Å². The predicted molar refractivity (Wildman–Crippen MR) is 125 cm³/mol. The maximum absolute atomic E-state index is 13.3. The van der Waals surface area contributed by atoms with Crippen molar-refractivity contribution in [3.8, 4) is 5.69 Å². The minimum Gasteiger partial charge on any atom is -0.347 e. The monoisotopic (exact) mass is 424 g/mol. The third kappa shape index (κ3) is 4.05. The van der Waals surface area contributed by atoms with E-state index < -0.39 is 0 Å². The Balaban J connectivity index is 1.40. The van der Waals surface area contributed by atoms with Gasteiger partial charge in [0.05, 0.1) is 11.1 Å². The van der Waals surface area contributed by atoms with E-state index in [0.717, 1.165) is 26.1 Å². The predicted octanol–water partition coefficient (Wildman–Crippen LogP) is 3.39. The Morgan fingerprint density at radius 1 is 0.906 bits per heavy atom. The maximum Gasteiger partial charge on any atom is 0.279 e. The van der Waals surface area contributed by atoms with Gasteiger partial charge in [0, 0.05) is 31.1 Å². The number of amides is 1. The van der Waals surface area contributed by atoms with Gasteiger partial charge in [-0.25, -0.2) is 0 Å². The molecule has 160 valence electrons. The van der Waals surface area contributed by atoms with Crippen LogP contribution >= 0.6 is 0 Å². The standard InChI is InChI=1S/C26H24N4O2/c31-25(27-20-15-16-29(18-20)17-19-9-3-1-4-10-19)24-22-13-7-8-14-23(22)26(32)30(28-24)21-11-5-2-6-12-21/h1-14,20H,15-18H2,(H,27,31)/t20-/m0/s1. The molecule has 0 saturated carbocycles. The number of nitrogens with zero attached hydrogens (tertiary/aromatic N) is 3. The van der Waals surface area contributed by atoms with Gasteiger partial charge in [0.15, 0.2) is 5.69 Å². The number of hydrogen-bond acceptors (Lipinski definition) is 4. The molecule has 1 aliphatic heterocycles. The molecule has 4 aromatic rings. The average Bonchev–Trinajstić information content (AvgIpc) is 3.27. The second kappa shape index (κ2) is 8.77. The van der Waals surface area contributed by atoms with Gasteiger partial charge in [0.2, 0.25) is 0 Å². The second-order valence-electron chi connectivity index (χ2n) is 8.13. The molecule has 1 aliphatic rings. The fourth-order valence-corrected chi connectivity index (χ4v) is 4.29. The summed E-state index contributed by atoms with van der Waals surface area (Å²) in [6, 6.07) is 26.7. The summed E-state index contributed by atoms with van der Waals surface area (Å²) in [5, 5.41) is 8.67. The van der Waals surface area contributed by atoms with Crippen LogP contribution < -0.4 is 10.9 Å². The van der Waals surface area contributed by atoms with Gasteiger partial charge in [-0.3, -0.25) is 14.5 Å². The van der Waals surface area contributed by atoms with Gasteiger partial charge in [0.25, 0.3) is 11.5 Å². The largest absolute Gasteiger partial charge is 0.347 e. The van der Waals surface area contributed by atoms with Gasteiger partial charge in [-0.15, -0.1) is 0 Å². The van der Waals surface area contributed by atoms with Gasteiger partial charge in [-0.05, 0) is 30.2 Å². The van der Waals surface area contributed by atoms with Crippen molar-refractivity contribution in [2.45, 2.75) is 19.0 Å². The Labute approximate surface area is 186 Å². The van der Waals surface area contributed by atoms with Crippen LogP contribution in [-0.4, -0.2) is 39.7 Å². The van der Waals surface area contributed by atoms with E-state index in [-0.39, 0.29) is 23.2 Å². The summed E-state index contributed by atoms with van der Waals surface area (Å²) in [5.41, 5.74) is 1.93. The molecule has 6 nitrogen and oxygen atoms in total. The Morgan fingerprint density at radius 3 is 2.31 bits per heavy atom. The molecule has 0 unspecified atom stereocenters. The summed E-state index contributed by atoms with van der Waals surface area (Å²) in [7, 11) is 0. The number of likely N-dealkylation sites (tertiary alicyclic amines) is 1. The maximum atomic E-state index is 13.3. The van der Waals surface area contributed by atoms with E-state index in [4.69, 9.17) is 0 Å². The number of fused-ring (bicyclic) bond motifs is 1. The Morgan fingerprint density at radius 2 is 1.56 bits per heavy atom. The Bertz CT molecular complexity index is 1300. The van der Waals surface area contributed by atoms with Gasteiger partial charge in [0.1, 0.15) is 0 Å². The minimum atomic E-state index is -0.252. The number of nitrogens with one attached hydrogen (secondary N) is 1. The fourth-order valence-electron chi connectivity index (χ4n) is 4.29. The highest BCUT2D eigenvalue weighted by atomic mass is 16.2. The number of carbonyl (C=O) groups is 1. The molecule has 3 aromatic carbocycles. The van der Waals surface area contributed by atoms with Crippen molar-refractivity contribution in [2.24, 2.45) is 0 Å². The van der Waals surface area contributed by atoms with Crippen LogP contribution in [-0.2, 0) is 6.54 Å². The molecule has 1 aromatic heterocycles. The molecule has 1 saturated heterocycles. The van der Waals surface area contributed by atoms with Crippen LogP contribution in [0.25, 0.3) is 16.5 Å². The summed E-state index contributed by atoms with van der Waals surface area (Å²) in [6.07, 6.45) is 0.884. The summed E-state index contributed by atoms with van der Waals surface area (Å²) in [5.74, 6) is -0.252. The molecule has 0 bridgehead atoms. The highest BCUT2D eigenvalue weighted by Crippen LogP contribution is 2.17. The molecule has 0 radical (unpaired) electrons. The van der Waals surface area contributed by atoms with Crippen molar-refractivity contribution in [1.82, 2.24) is 20.0 Å². The van der Waals surface area contributed by atoms with E-state index in [1.165, 1.54) is 10.2 Å². The molecule has 32 heavy (non-hydrogen) atoms. The second-order valence-corrected chi connectivity index (χ2v) is 8.13. The van der Waals surface area contributed by atoms with Crippen LogP contribution in [0.15, 0.2) is 89.7 Å². The molecule has 1 N–H and O–H groups in total. The minimum absolute atomic E-state index is 0.0453. The lowest BCUT2D eigenvalue weighted by Gasteiger charge is -2.17. The molecule has 0 spiro atoms. The van der Waals surface area contributed by atoms with Gasteiger partial charge in [-0.2, -0.15) is 9.78 Å². The molecule has 1 amide bonds. The van der Waals surface area contributed by atoms with Crippen molar-refractivity contribution < 1.29 is 4.79 Å². The van der Waals surface area contributed by atoms with Crippen molar-refractivity contribution in [3.05, 3.63) is 107 Å². The van der Waals surface area contributed by atoms with E-state index in [1.807, 2.05) is 54.6 Å². The smallest absolute Gasteiger partial charge is 0.279 e. The normalized spacial score (nSPS) is 16.3. The topological polar surface area (TPSA) is 67.2 Å². The summed E-state index contributed by atoms with van der Waals surface area (Å²) in [6.45, 7) is 2.59. The van der Waals surface area contributed by atoms with E-state index >= 15 is 0 Å². The zero-order chi connectivity index (χ0) is 21.9. The molecule has 2 heterocycles. The molecular weight excluding hydrogens is 400 g/mol. The number of para-hydroxylation sites is 1. The fraction of sp³-hybridized carbons (Fsp3) is 0.192. The Hall–Kier alpha value is -3.77. The lowest BCUT2D eigenvalue weighted by atomic mass is 10.1. The van der Waals surface area contributed by atoms with Crippen LogP contribution in [0, 0.1) is 0 Å². The van der Waals surface area contributed by atoms with Crippen LogP contribution in [0.3, 0.4) is 0 Å². The third-order valence-electron chi connectivity index (χ3n) is 5.88. The van der Waals surface area contributed by atoms with Crippen molar-refractivity contribution in [1.29, 1.82) is 0 Å². The molecule has 0 aliphatic carbocycles. The number of aromatic nitrogens is 2. The SMILES string of the molecule is O=C(N[C@H]1CCN(Cc2ccccc2)C1)c1nn(-c2ccccc2)c(=O)c2ccccc12. The van der Waals surface area contributed by atoms with Crippen LogP contribution in [0.4, 0.5) is 0 Å². The summed E-state index contributed by atoms with van der Waals surface area (Å²) in [4.78, 5) is 28.6. The highest BCUT2D eigenvalue weighted by molar-refractivity contribution is 6.05. The van der Waals surface area contributed by atoms with E-state index in [2.05, 4.69) is 27.4 Å². The first-order chi connectivity index (χ1) is 15.7. The lowest BCUT2D eigenvalue weighted by molar-refractivity contribution is 0.0932. The molecule has 1 fully saturated rings. The number of carbonyl (C=O) groups excluding carboxylic acids is 1. The Kier molecular flexibility index (Phi) is 5.52. The average molecular weight is 425 g/mol. The zero-order valence-corrected chi connectivity index (χ0v) is 17.6. The van der Waals surface area contributed by atoms with Gasteiger partial charge >= 0.3 is 0 Å². The zero-order valence-electron chi connectivity index (χ0n) is 17.6.